The van der Waals surface area contributed by atoms with E-state index >= 15 is 0 Å². The molecule has 1 unspecified atom stereocenters. The lowest BCUT2D eigenvalue weighted by Crippen LogP contribution is -2.27. The van der Waals surface area contributed by atoms with Gasteiger partial charge < -0.3 is 5.11 Å². The van der Waals surface area contributed by atoms with Crippen molar-refractivity contribution in [2.24, 2.45) is 0 Å². The zero-order valence-corrected chi connectivity index (χ0v) is 9.61. The fraction of sp³-hybridized carbons (Fsp3) is 0.300. The first-order valence-corrected chi connectivity index (χ1v) is 5.52. The average molecular weight is 238 g/mol. The van der Waals surface area contributed by atoms with Crippen LogP contribution in [-0.4, -0.2) is 20.6 Å². The number of rotatable bonds is 2. The van der Waals surface area contributed by atoms with Gasteiger partial charge in [0, 0.05) is 4.88 Å². The molecule has 0 fully saturated rings. The van der Waals surface area contributed by atoms with Crippen LogP contribution in [0, 0.1) is 6.92 Å². The number of carboxylic acids is 1. The highest BCUT2D eigenvalue weighted by molar-refractivity contribution is 7.18. The summed E-state index contributed by atoms with van der Waals surface area (Å²) in [6, 6.07) is 0.838. The average Bonchev–Trinajstić information content (AvgIpc) is 2.59. The molecule has 2 rings (SSSR count). The highest BCUT2D eigenvalue weighted by Crippen LogP contribution is 2.19. The van der Waals surface area contributed by atoms with Gasteiger partial charge in [0.15, 0.2) is 0 Å². The summed E-state index contributed by atoms with van der Waals surface area (Å²) in [5.41, 5.74) is -0.302. The summed E-state index contributed by atoms with van der Waals surface area (Å²) in [7, 11) is 0. The highest BCUT2D eigenvalue weighted by atomic mass is 32.1. The van der Waals surface area contributed by atoms with E-state index in [0.29, 0.717) is 10.2 Å². The molecule has 0 spiro atoms. The Morgan fingerprint density at radius 3 is 2.94 bits per heavy atom. The van der Waals surface area contributed by atoms with E-state index in [-0.39, 0.29) is 5.56 Å². The van der Waals surface area contributed by atoms with Crippen molar-refractivity contribution < 1.29 is 9.90 Å². The van der Waals surface area contributed by atoms with Gasteiger partial charge in [-0.05, 0) is 19.9 Å². The van der Waals surface area contributed by atoms with Gasteiger partial charge in [-0.25, -0.2) is 9.78 Å². The van der Waals surface area contributed by atoms with E-state index in [0.717, 1.165) is 9.44 Å². The topological polar surface area (TPSA) is 72.2 Å². The van der Waals surface area contributed by atoms with Crippen molar-refractivity contribution in [2.75, 3.05) is 0 Å². The van der Waals surface area contributed by atoms with E-state index in [1.165, 1.54) is 24.6 Å². The summed E-state index contributed by atoms with van der Waals surface area (Å²) in [5, 5.41) is 9.34. The fourth-order valence-corrected chi connectivity index (χ4v) is 2.29. The van der Waals surface area contributed by atoms with Gasteiger partial charge >= 0.3 is 5.97 Å². The van der Waals surface area contributed by atoms with E-state index in [4.69, 9.17) is 5.11 Å². The Balaban J connectivity index is 2.69. The van der Waals surface area contributed by atoms with Crippen molar-refractivity contribution in [3.8, 4) is 0 Å². The second-order valence-corrected chi connectivity index (χ2v) is 4.78. The van der Waals surface area contributed by atoms with Gasteiger partial charge in [-0.15, -0.1) is 11.3 Å². The monoisotopic (exact) mass is 238 g/mol. The molecule has 84 valence electrons. The number of fused-ring (bicyclic) bond motifs is 1. The smallest absolute Gasteiger partial charge is 0.326 e. The van der Waals surface area contributed by atoms with Crippen LogP contribution in [0.25, 0.3) is 10.2 Å². The zero-order chi connectivity index (χ0) is 11.9. The number of hydrogen-bond acceptors (Lipinski definition) is 4. The number of nitrogens with zero attached hydrogens (tertiary/aromatic N) is 2. The molecule has 16 heavy (non-hydrogen) atoms. The van der Waals surface area contributed by atoms with Crippen molar-refractivity contribution in [1.29, 1.82) is 0 Å². The van der Waals surface area contributed by atoms with Crippen LogP contribution in [0.3, 0.4) is 0 Å². The van der Waals surface area contributed by atoms with Crippen LogP contribution in [-0.2, 0) is 4.79 Å². The summed E-state index contributed by atoms with van der Waals surface area (Å²) in [4.78, 5) is 28.5. The molecule has 0 aromatic carbocycles. The Labute approximate surface area is 95.0 Å². The van der Waals surface area contributed by atoms with Gasteiger partial charge in [0.1, 0.15) is 10.9 Å². The predicted octanol–water partition coefficient (Wildman–Crippen LogP) is 1.41. The molecule has 0 bridgehead atoms. The molecule has 1 N–H and O–H groups in total. The Kier molecular flexibility index (Phi) is 2.51. The van der Waals surface area contributed by atoms with Crippen molar-refractivity contribution in [2.45, 2.75) is 19.9 Å². The molecule has 0 aliphatic heterocycles. The third kappa shape index (κ3) is 1.61. The molecule has 2 aromatic rings. The summed E-state index contributed by atoms with van der Waals surface area (Å²) in [5.74, 6) is -1.05. The molecule has 2 heterocycles. The van der Waals surface area contributed by atoms with Gasteiger partial charge in [-0.1, -0.05) is 0 Å². The van der Waals surface area contributed by atoms with Crippen molar-refractivity contribution in [3.05, 3.63) is 27.6 Å². The van der Waals surface area contributed by atoms with Crippen LogP contribution in [0.2, 0.25) is 0 Å². The quantitative estimate of drug-likeness (QED) is 0.858. The zero-order valence-electron chi connectivity index (χ0n) is 8.80. The number of carbonyl (C=O) groups is 1. The number of aromatic nitrogens is 2. The minimum Gasteiger partial charge on any atom is -0.480 e. The minimum absolute atomic E-state index is 0.302. The predicted molar refractivity (Wildman–Crippen MR) is 61.0 cm³/mol. The fourth-order valence-electron chi connectivity index (χ4n) is 1.45. The molecular weight excluding hydrogens is 228 g/mol. The van der Waals surface area contributed by atoms with Crippen molar-refractivity contribution >= 4 is 27.5 Å². The van der Waals surface area contributed by atoms with E-state index in [1.54, 1.807) is 6.07 Å². The molecule has 0 saturated carbocycles. The summed E-state index contributed by atoms with van der Waals surface area (Å²) in [6.07, 6.45) is 1.29. The third-order valence-electron chi connectivity index (χ3n) is 2.37. The van der Waals surface area contributed by atoms with E-state index in [1.807, 2.05) is 6.92 Å². The van der Waals surface area contributed by atoms with Crippen LogP contribution in [0.4, 0.5) is 0 Å². The van der Waals surface area contributed by atoms with Gasteiger partial charge in [0.25, 0.3) is 5.56 Å². The van der Waals surface area contributed by atoms with Crippen LogP contribution in [0.1, 0.15) is 17.8 Å². The van der Waals surface area contributed by atoms with Crippen LogP contribution in [0.15, 0.2) is 17.2 Å². The van der Waals surface area contributed by atoms with Crippen molar-refractivity contribution in [3.63, 3.8) is 0 Å². The van der Waals surface area contributed by atoms with Gasteiger partial charge in [-0.3, -0.25) is 9.36 Å². The number of thiophene rings is 1. The third-order valence-corrected chi connectivity index (χ3v) is 3.33. The molecule has 1 atom stereocenters. The standard InChI is InChI=1S/C10H10N2O3S/c1-5-3-7-8(16-5)11-4-12(9(7)13)6(2)10(14)15/h3-4,6H,1-2H3,(H,14,15). The lowest BCUT2D eigenvalue weighted by atomic mass is 10.3. The first kappa shape index (κ1) is 10.8. The second kappa shape index (κ2) is 3.71. The van der Waals surface area contributed by atoms with Crippen LogP contribution in [0.5, 0.6) is 0 Å². The van der Waals surface area contributed by atoms with E-state index < -0.39 is 12.0 Å². The maximum Gasteiger partial charge on any atom is 0.326 e. The molecule has 0 aliphatic rings. The van der Waals surface area contributed by atoms with E-state index in [9.17, 15) is 9.59 Å². The molecular formula is C10H10N2O3S. The summed E-state index contributed by atoms with van der Waals surface area (Å²) < 4.78 is 1.14. The number of hydrogen-bond donors (Lipinski definition) is 1. The number of aliphatic carboxylic acids is 1. The Morgan fingerprint density at radius 1 is 1.62 bits per heavy atom. The molecule has 0 amide bonds. The molecule has 0 radical (unpaired) electrons. The van der Waals surface area contributed by atoms with Crippen molar-refractivity contribution in [1.82, 2.24) is 9.55 Å². The first-order chi connectivity index (χ1) is 7.50. The maximum absolute atomic E-state index is 12.0. The first-order valence-electron chi connectivity index (χ1n) is 4.71. The summed E-state index contributed by atoms with van der Waals surface area (Å²) >= 11 is 1.42. The highest BCUT2D eigenvalue weighted by Gasteiger charge is 2.16. The van der Waals surface area contributed by atoms with Gasteiger partial charge in [0.05, 0.1) is 11.7 Å². The maximum atomic E-state index is 12.0. The second-order valence-electron chi connectivity index (χ2n) is 3.55. The molecule has 5 nitrogen and oxygen atoms in total. The molecule has 2 aromatic heterocycles. The van der Waals surface area contributed by atoms with Gasteiger partial charge in [0.2, 0.25) is 0 Å². The molecule has 0 saturated heterocycles. The van der Waals surface area contributed by atoms with Crippen LogP contribution >= 0.6 is 11.3 Å². The normalized spacial score (nSPS) is 12.9. The Bertz CT molecular complexity index is 614. The summed E-state index contributed by atoms with van der Waals surface area (Å²) in [6.45, 7) is 3.34. The molecule has 0 aliphatic carbocycles. The molecule has 6 heteroatoms. The Hall–Kier alpha value is -1.69. The lowest BCUT2D eigenvalue weighted by Gasteiger charge is -2.08. The van der Waals surface area contributed by atoms with Gasteiger partial charge in [-0.2, -0.15) is 0 Å². The number of carboxylic acid groups (broad SMARTS) is 1. The Morgan fingerprint density at radius 2 is 2.31 bits per heavy atom. The largest absolute Gasteiger partial charge is 0.480 e. The SMILES string of the molecule is Cc1cc2c(=O)n(C(C)C(=O)O)cnc2s1. The van der Waals surface area contributed by atoms with E-state index in [2.05, 4.69) is 4.98 Å². The lowest BCUT2D eigenvalue weighted by molar-refractivity contribution is -0.140. The number of aryl methyl sites for hydroxylation is 1. The minimum atomic E-state index is -1.05. The van der Waals surface area contributed by atoms with Crippen LogP contribution < -0.4 is 5.56 Å².